The average molecular weight is 533 g/mol. The Morgan fingerprint density at radius 3 is 2.22 bits per heavy atom. The second kappa shape index (κ2) is 9.15. The third kappa shape index (κ3) is 5.56. The number of H-pyrrole nitrogens is 1. The van der Waals surface area contributed by atoms with Gasteiger partial charge in [-0.3, -0.25) is 4.72 Å². The Morgan fingerprint density at radius 2 is 1.62 bits per heavy atom. The molecule has 3 aromatic carbocycles. The van der Waals surface area contributed by atoms with Crippen LogP contribution in [-0.2, 0) is 21.6 Å². The molecule has 0 amide bonds. The highest BCUT2D eigenvalue weighted by Crippen LogP contribution is 2.41. The number of nitrogens with one attached hydrogen (secondary N) is 2. The van der Waals surface area contributed by atoms with Crippen molar-refractivity contribution < 1.29 is 36.2 Å². The van der Waals surface area contributed by atoms with Gasteiger partial charge in [-0.1, -0.05) is 45.0 Å². The number of benzene rings is 3. The molecular formula is C26H23F3N2O5S. The number of aromatic nitrogens is 1. The monoisotopic (exact) mass is 532 g/mol. The first-order chi connectivity index (χ1) is 17.1. The Labute approximate surface area is 211 Å². The summed E-state index contributed by atoms with van der Waals surface area (Å²) in [6, 6.07) is 15.1. The van der Waals surface area contributed by atoms with E-state index in [1.807, 2.05) is 20.8 Å². The van der Waals surface area contributed by atoms with Crippen LogP contribution in [0.4, 0.5) is 23.7 Å². The molecule has 1 heterocycles. The number of carbonyl (C=O) groups is 1. The van der Waals surface area contributed by atoms with Crippen molar-refractivity contribution in [3.05, 3.63) is 77.9 Å². The number of hydrogen-bond acceptors (Lipinski definition) is 4. The number of aromatic amines is 1. The third-order valence-corrected chi connectivity index (χ3v) is 7.11. The van der Waals surface area contributed by atoms with Crippen LogP contribution in [0.5, 0.6) is 5.88 Å². The SMILES string of the molecule is CC(C)(C)c1ccc(S(=O)(=O)Nc2ccc3[nH]c(OC(=O)O)c(-c4cccc(C(F)(F)F)c4)c3c2)cc1. The Hall–Kier alpha value is -3.99. The smallest absolute Gasteiger partial charge is 0.449 e. The quantitative estimate of drug-likeness (QED) is 0.240. The van der Waals surface area contributed by atoms with Gasteiger partial charge in [0.1, 0.15) is 0 Å². The number of fused-ring (bicyclic) bond motifs is 1. The van der Waals surface area contributed by atoms with Crippen LogP contribution in [0.15, 0.2) is 71.6 Å². The summed E-state index contributed by atoms with van der Waals surface area (Å²) in [4.78, 5) is 14.0. The molecule has 0 unspecified atom stereocenters. The number of carboxylic acid groups (broad SMARTS) is 1. The van der Waals surface area contributed by atoms with Crippen LogP contribution < -0.4 is 9.46 Å². The molecule has 0 atom stereocenters. The first-order valence-electron chi connectivity index (χ1n) is 11.0. The van der Waals surface area contributed by atoms with Crippen molar-refractivity contribution in [2.75, 3.05) is 4.72 Å². The van der Waals surface area contributed by atoms with Gasteiger partial charge in [0.15, 0.2) is 0 Å². The lowest BCUT2D eigenvalue weighted by Gasteiger charge is -2.19. The molecule has 3 N–H and O–H groups in total. The maximum atomic E-state index is 13.3. The predicted octanol–water partition coefficient (Wildman–Crippen LogP) is 7.01. The topological polar surface area (TPSA) is 108 Å². The van der Waals surface area contributed by atoms with Crippen LogP contribution in [0.3, 0.4) is 0 Å². The highest BCUT2D eigenvalue weighted by atomic mass is 32.2. The average Bonchev–Trinajstić information content (AvgIpc) is 3.14. The molecule has 7 nitrogen and oxygen atoms in total. The fourth-order valence-corrected chi connectivity index (χ4v) is 4.93. The van der Waals surface area contributed by atoms with Crippen LogP contribution in [-0.4, -0.2) is 24.7 Å². The summed E-state index contributed by atoms with van der Waals surface area (Å²) in [5.41, 5.74) is 0.398. The van der Waals surface area contributed by atoms with E-state index in [0.29, 0.717) is 5.52 Å². The summed E-state index contributed by atoms with van der Waals surface area (Å²) in [5.74, 6) is -0.292. The van der Waals surface area contributed by atoms with Crippen molar-refractivity contribution in [3.63, 3.8) is 0 Å². The van der Waals surface area contributed by atoms with Crippen LogP contribution in [0.25, 0.3) is 22.0 Å². The van der Waals surface area contributed by atoms with E-state index in [9.17, 15) is 26.4 Å². The van der Waals surface area contributed by atoms with E-state index >= 15 is 0 Å². The van der Waals surface area contributed by atoms with Gasteiger partial charge in [-0.05, 0) is 59.0 Å². The fraction of sp³-hybridized carbons (Fsp3) is 0.192. The molecule has 1 aromatic heterocycles. The number of ether oxygens (including phenoxy) is 1. The van der Waals surface area contributed by atoms with Crippen LogP contribution in [0, 0.1) is 0 Å². The summed E-state index contributed by atoms with van der Waals surface area (Å²) in [6.45, 7) is 6.02. The van der Waals surface area contributed by atoms with Crippen LogP contribution in [0.2, 0.25) is 0 Å². The first-order valence-corrected chi connectivity index (χ1v) is 12.5. The first kappa shape index (κ1) is 26.1. The second-order valence-corrected chi connectivity index (χ2v) is 11.1. The molecule has 4 rings (SSSR count). The highest BCUT2D eigenvalue weighted by molar-refractivity contribution is 7.92. The maximum Gasteiger partial charge on any atom is 0.512 e. The van der Waals surface area contributed by atoms with Gasteiger partial charge in [-0.2, -0.15) is 13.2 Å². The van der Waals surface area contributed by atoms with Gasteiger partial charge in [0, 0.05) is 16.6 Å². The number of sulfonamides is 1. The highest BCUT2D eigenvalue weighted by Gasteiger charge is 2.31. The zero-order chi connectivity index (χ0) is 27.2. The van der Waals surface area contributed by atoms with Gasteiger partial charge in [-0.15, -0.1) is 0 Å². The van der Waals surface area contributed by atoms with E-state index in [4.69, 9.17) is 9.84 Å². The van der Waals surface area contributed by atoms with Gasteiger partial charge in [-0.25, -0.2) is 13.2 Å². The molecule has 11 heteroatoms. The van der Waals surface area contributed by atoms with Gasteiger partial charge in [0.2, 0.25) is 5.88 Å². The number of alkyl halides is 3. The zero-order valence-electron chi connectivity index (χ0n) is 20.0. The maximum absolute atomic E-state index is 13.3. The van der Waals surface area contributed by atoms with Crippen LogP contribution in [0.1, 0.15) is 31.9 Å². The molecule has 0 fully saturated rings. The van der Waals surface area contributed by atoms with Gasteiger partial charge in [0.25, 0.3) is 10.0 Å². The Kier molecular flexibility index (Phi) is 6.45. The van der Waals surface area contributed by atoms with Crippen molar-refractivity contribution in [1.29, 1.82) is 0 Å². The molecule has 0 spiro atoms. The largest absolute Gasteiger partial charge is 0.512 e. The van der Waals surface area contributed by atoms with Crippen molar-refractivity contribution >= 4 is 32.8 Å². The van der Waals surface area contributed by atoms with E-state index in [1.165, 1.54) is 42.5 Å². The summed E-state index contributed by atoms with van der Waals surface area (Å²) < 4.78 is 73.3. The summed E-state index contributed by atoms with van der Waals surface area (Å²) in [7, 11) is -3.99. The van der Waals surface area contributed by atoms with Crippen molar-refractivity contribution in [2.45, 2.75) is 37.3 Å². The standard InChI is InChI=1S/C26H23F3N2O5S/c1-25(2,3)16-7-10-19(11-8-16)37(34,35)31-18-9-12-21-20(14-18)22(23(30-21)36-24(32)33)15-5-4-6-17(13-15)26(27,28)29/h4-14,30-31H,1-3H3,(H,32,33). The normalized spacial score (nSPS) is 12.5. The summed E-state index contributed by atoms with van der Waals surface area (Å²) >= 11 is 0. The summed E-state index contributed by atoms with van der Waals surface area (Å²) in [5, 5.41) is 9.40. The number of rotatable bonds is 5. The lowest BCUT2D eigenvalue weighted by molar-refractivity contribution is -0.137. The minimum Gasteiger partial charge on any atom is -0.449 e. The molecule has 4 aromatic rings. The molecule has 0 aliphatic heterocycles. The van der Waals surface area contributed by atoms with Crippen molar-refractivity contribution in [3.8, 4) is 17.0 Å². The number of hydrogen-bond donors (Lipinski definition) is 3. The minimum atomic E-state index is -4.63. The molecule has 0 radical (unpaired) electrons. The number of anilines is 1. The summed E-state index contributed by atoms with van der Waals surface area (Å²) in [6.07, 6.45) is -6.29. The zero-order valence-corrected chi connectivity index (χ0v) is 20.8. The molecule has 37 heavy (non-hydrogen) atoms. The third-order valence-electron chi connectivity index (χ3n) is 5.71. The Bertz CT molecular complexity index is 1590. The minimum absolute atomic E-state index is 0.0302. The van der Waals surface area contributed by atoms with E-state index in [0.717, 1.165) is 17.7 Å². The molecular weight excluding hydrogens is 509 g/mol. The van der Waals surface area contributed by atoms with Crippen molar-refractivity contribution in [1.82, 2.24) is 4.98 Å². The predicted molar refractivity (Wildman–Crippen MR) is 133 cm³/mol. The number of halogens is 3. The van der Waals surface area contributed by atoms with Crippen LogP contribution >= 0.6 is 0 Å². The lowest BCUT2D eigenvalue weighted by atomic mass is 9.87. The molecule has 0 saturated carbocycles. The Morgan fingerprint density at radius 1 is 0.946 bits per heavy atom. The molecule has 0 aliphatic carbocycles. The molecule has 0 aliphatic rings. The van der Waals surface area contributed by atoms with Crippen molar-refractivity contribution in [2.24, 2.45) is 0 Å². The van der Waals surface area contributed by atoms with E-state index in [1.54, 1.807) is 12.1 Å². The Balaban J connectivity index is 1.78. The van der Waals surface area contributed by atoms with Gasteiger partial charge >= 0.3 is 12.3 Å². The fourth-order valence-electron chi connectivity index (χ4n) is 3.88. The van der Waals surface area contributed by atoms with E-state index < -0.39 is 27.9 Å². The van der Waals surface area contributed by atoms with Gasteiger partial charge < -0.3 is 14.8 Å². The lowest BCUT2D eigenvalue weighted by Crippen LogP contribution is -2.14. The molecule has 0 bridgehead atoms. The van der Waals surface area contributed by atoms with E-state index in [2.05, 4.69) is 9.71 Å². The van der Waals surface area contributed by atoms with E-state index in [-0.39, 0.29) is 38.4 Å². The van der Waals surface area contributed by atoms with Gasteiger partial charge in [0.05, 0.1) is 16.0 Å². The second-order valence-electron chi connectivity index (χ2n) is 9.42. The molecule has 0 saturated heterocycles. The molecule has 194 valence electrons.